The summed E-state index contributed by atoms with van der Waals surface area (Å²) < 4.78 is 15.9. The molecule has 0 aliphatic carbocycles. The van der Waals surface area contributed by atoms with Crippen LogP contribution in [-0.2, 0) is 14.3 Å². The molecule has 0 saturated carbocycles. The molecule has 0 amide bonds. The molecule has 164 valence electrons. The van der Waals surface area contributed by atoms with Gasteiger partial charge in [-0.1, -0.05) is 44.2 Å². The highest BCUT2D eigenvalue weighted by atomic mass is 16.7. The molecule has 0 N–H and O–H groups in total. The second-order valence-corrected chi connectivity index (χ2v) is 7.35. The van der Waals surface area contributed by atoms with Crippen LogP contribution in [0.15, 0.2) is 54.7 Å². The van der Waals surface area contributed by atoms with Crippen molar-refractivity contribution in [2.24, 2.45) is 0 Å². The molecule has 3 rings (SSSR count). The minimum absolute atomic E-state index is 0.124. The zero-order valence-electron chi connectivity index (χ0n) is 18.4. The van der Waals surface area contributed by atoms with E-state index in [9.17, 15) is 10.1 Å². The fourth-order valence-corrected chi connectivity index (χ4v) is 3.06. The van der Waals surface area contributed by atoms with Crippen molar-refractivity contribution in [1.29, 1.82) is 5.26 Å². The molecular formula is C25H25N3O4. The van der Waals surface area contributed by atoms with E-state index < -0.39 is 0 Å². The molecule has 2 aromatic heterocycles. The number of nitrogens with zero attached hydrogens (tertiary/aromatic N) is 3. The molecule has 32 heavy (non-hydrogen) atoms. The number of hydrogen-bond donors (Lipinski definition) is 0. The number of aromatic nitrogens is 2. The third kappa shape index (κ3) is 5.90. The molecule has 3 aromatic rings. The molecule has 2 heterocycles. The van der Waals surface area contributed by atoms with E-state index in [1.165, 1.54) is 12.5 Å². The highest BCUT2D eigenvalue weighted by Gasteiger charge is 2.17. The number of benzene rings is 1. The van der Waals surface area contributed by atoms with E-state index in [4.69, 9.17) is 14.2 Å². The maximum Gasteiger partial charge on any atom is 0.302 e. The van der Waals surface area contributed by atoms with Crippen LogP contribution in [-0.4, -0.2) is 35.9 Å². The molecule has 0 spiro atoms. The second kappa shape index (κ2) is 11.0. The minimum Gasteiger partial charge on any atom is -0.463 e. The van der Waals surface area contributed by atoms with Crippen LogP contribution < -0.4 is 4.74 Å². The number of nitriles is 1. The molecule has 0 radical (unpaired) electrons. The monoisotopic (exact) mass is 431 g/mol. The van der Waals surface area contributed by atoms with Crippen molar-refractivity contribution in [2.75, 3.05) is 20.0 Å². The van der Waals surface area contributed by atoms with Crippen molar-refractivity contribution in [3.63, 3.8) is 0 Å². The predicted octanol–water partition coefficient (Wildman–Crippen LogP) is 4.72. The summed E-state index contributed by atoms with van der Waals surface area (Å²) in [5, 5.41) is 9.88. The first kappa shape index (κ1) is 22.9. The molecule has 0 bridgehead atoms. The molecule has 0 aliphatic rings. The van der Waals surface area contributed by atoms with Gasteiger partial charge < -0.3 is 14.2 Å². The van der Waals surface area contributed by atoms with Gasteiger partial charge in [-0.25, -0.2) is 4.98 Å². The van der Waals surface area contributed by atoms with Gasteiger partial charge in [0.15, 0.2) is 6.79 Å². The van der Waals surface area contributed by atoms with Gasteiger partial charge in [0.25, 0.3) is 0 Å². The average molecular weight is 431 g/mol. The number of esters is 1. The van der Waals surface area contributed by atoms with E-state index >= 15 is 0 Å². The normalized spacial score (nSPS) is 10.6. The highest BCUT2D eigenvalue weighted by molar-refractivity contribution is 5.77. The number of carbonyl (C=O) groups excluding carboxylic acids is 1. The van der Waals surface area contributed by atoms with Gasteiger partial charge in [-0.15, -0.1) is 0 Å². The Kier molecular flexibility index (Phi) is 7.90. The lowest BCUT2D eigenvalue weighted by Gasteiger charge is -2.14. The predicted molar refractivity (Wildman–Crippen MR) is 120 cm³/mol. The van der Waals surface area contributed by atoms with Crippen LogP contribution in [0, 0.1) is 11.3 Å². The number of rotatable bonds is 9. The van der Waals surface area contributed by atoms with Crippen LogP contribution in [0.3, 0.4) is 0 Å². The fourth-order valence-electron chi connectivity index (χ4n) is 3.06. The van der Waals surface area contributed by atoms with Crippen molar-refractivity contribution in [3.8, 4) is 34.5 Å². The molecule has 0 aliphatic heterocycles. The Morgan fingerprint density at radius 2 is 1.88 bits per heavy atom. The Bertz CT molecular complexity index is 1090. The third-order valence-electron chi connectivity index (χ3n) is 4.73. The van der Waals surface area contributed by atoms with Gasteiger partial charge in [0.05, 0.1) is 18.0 Å². The number of pyridine rings is 2. The zero-order chi connectivity index (χ0) is 22.9. The molecular weight excluding hydrogens is 406 g/mol. The van der Waals surface area contributed by atoms with E-state index in [-0.39, 0.29) is 31.9 Å². The van der Waals surface area contributed by atoms with E-state index in [1.807, 2.05) is 36.4 Å². The van der Waals surface area contributed by atoms with Gasteiger partial charge in [0, 0.05) is 18.7 Å². The lowest BCUT2D eigenvalue weighted by Crippen LogP contribution is -2.12. The number of carbonyl (C=O) groups is 1. The number of hydrogen-bond acceptors (Lipinski definition) is 7. The Hall–Kier alpha value is -3.76. The van der Waals surface area contributed by atoms with Crippen LogP contribution in [0.25, 0.3) is 22.5 Å². The summed E-state index contributed by atoms with van der Waals surface area (Å²) in [5.41, 5.74) is 4.36. The van der Waals surface area contributed by atoms with Crippen LogP contribution in [0.5, 0.6) is 5.88 Å². The SMILES string of the molecule is CC(=O)OCCOCOc1nc(-c2ccccn2)cc(-c2ccc(C(C)C)cc2)c1C#N. The lowest BCUT2D eigenvalue weighted by atomic mass is 9.96. The average Bonchev–Trinajstić information content (AvgIpc) is 2.81. The third-order valence-corrected chi connectivity index (χ3v) is 4.73. The molecule has 0 atom stereocenters. The second-order valence-electron chi connectivity index (χ2n) is 7.35. The van der Waals surface area contributed by atoms with Crippen LogP contribution in [0.1, 0.15) is 37.8 Å². The Labute approximate surface area is 187 Å². The van der Waals surface area contributed by atoms with E-state index in [0.717, 1.165) is 5.56 Å². The summed E-state index contributed by atoms with van der Waals surface area (Å²) >= 11 is 0. The van der Waals surface area contributed by atoms with E-state index in [2.05, 4.69) is 42.0 Å². The van der Waals surface area contributed by atoms with Gasteiger partial charge in [-0.2, -0.15) is 5.26 Å². The quantitative estimate of drug-likeness (QED) is 0.275. The summed E-state index contributed by atoms with van der Waals surface area (Å²) in [6.07, 6.45) is 1.69. The van der Waals surface area contributed by atoms with Gasteiger partial charge in [-0.3, -0.25) is 9.78 Å². The topological polar surface area (TPSA) is 94.3 Å². The van der Waals surface area contributed by atoms with Crippen molar-refractivity contribution < 1.29 is 19.0 Å². The van der Waals surface area contributed by atoms with Crippen LogP contribution in [0.2, 0.25) is 0 Å². The Balaban J connectivity index is 1.93. The van der Waals surface area contributed by atoms with Gasteiger partial charge in [-0.05, 0) is 35.2 Å². The van der Waals surface area contributed by atoms with Crippen LogP contribution in [0.4, 0.5) is 0 Å². The molecule has 7 nitrogen and oxygen atoms in total. The van der Waals surface area contributed by atoms with Gasteiger partial charge in [0.1, 0.15) is 18.2 Å². The number of ether oxygens (including phenoxy) is 3. The van der Waals surface area contributed by atoms with E-state index in [1.54, 1.807) is 6.20 Å². The first-order chi connectivity index (χ1) is 15.5. The molecule has 0 fully saturated rings. The smallest absolute Gasteiger partial charge is 0.302 e. The van der Waals surface area contributed by atoms with Crippen molar-refractivity contribution in [2.45, 2.75) is 26.7 Å². The van der Waals surface area contributed by atoms with Gasteiger partial charge in [0.2, 0.25) is 5.88 Å². The molecule has 1 aromatic carbocycles. The largest absolute Gasteiger partial charge is 0.463 e. The van der Waals surface area contributed by atoms with E-state index in [0.29, 0.717) is 28.4 Å². The van der Waals surface area contributed by atoms with Crippen molar-refractivity contribution in [1.82, 2.24) is 9.97 Å². The first-order valence-corrected chi connectivity index (χ1v) is 10.3. The lowest BCUT2D eigenvalue weighted by molar-refractivity contribution is -0.143. The van der Waals surface area contributed by atoms with Gasteiger partial charge >= 0.3 is 5.97 Å². The fraction of sp³-hybridized carbons (Fsp3) is 0.280. The molecule has 7 heteroatoms. The Morgan fingerprint density at radius 3 is 2.50 bits per heavy atom. The summed E-state index contributed by atoms with van der Waals surface area (Å²) in [6.45, 7) is 5.76. The van der Waals surface area contributed by atoms with Crippen LogP contribution >= 0.6 is 0 Å². The molecule has 0 saturated heterocycles. The van der Waals surface area contributed by atoms with Crippen molar-refractivity contribution >= 4 is 5.97 Å². The molecule has 0 unspecified atom stereocenters. The summed E-state index contributed by atoms with van der Waals surface area (Å²) in [5.74, 6) is 0.189. The first-order valence-electron chi connectivity index (χ1n) is 10.3. The summed E-state index contributed by atoms with van der Waals surface area (Å²) in [4.78, 5) is 19.7. The summed E-state index contributed by atoms with van der Waals surface area (Å²) in [6, 6.07) is 17.7. The Morgan fingerprint density at radius 1 is 1.09 bits per heavy atom. The maximum atomic E-state index is 10.8. The zero-order valence-corrected chi connectivity index (χ0v) is 18.4. The maximum absolute atomic E-state index is 10.8. The van der Waals surface area contributed by atoms with Crippen molar-refractivity contribution in [3.05, 3.63) is 65.9 Å². The minimum atomic E-state index is -0.376. The standard InChI is InChI=1S/C25H25N3O4/c1-17(2)19-7-9-20(10-8-19)21-14-24(23-6-4-5-11-27-23)28-25(22(21)15-26)32-16-30-12-13-31-18(3)29/h4-11,14,17H,12-13,16H2,1-3H3. The summed E-state index contributed by atoms with van der Waals surface area (Å²) in [7, 11) is 0. The highest BCUT2D eigenvalue weighted by Crippen LogP contribution is 2.33.